The smallest absolute Gasteiger partial charge is 0.307 e. The summed E-state index contributed by atoms with van der Waals surface area (Å²) in [5.41, 5.74) is 1.78. The first kappa shape index (κ1) is 18.1. The summed E-state index contributed by atoms with van der Waals surface area (Å²) in [7, 11) is 0. The monoisotopic (exact) mass is 359 g/mol. The number of carbonyl (C=O) groups is 2. The van der Waals surface area contributed by atoms with E-state index in [1.807, 2.05) is 43.0 Å². The normalized spacial score (nSPS) is 28.1. The molecule has 1 aromatic carbocycles. The van der Waals surface area contributed by atoms with Gasteiger partial charge in [-0.15, -0.1) is 11.8 Å². The van der Waals surface area contributed by atoms with E-state index in [0.717, 1.165) is 24.1 Å². The Labute approximate surface area is 153 Å². The highest BCUT2D eigenvalue weighted by Crippen LogP contribution is 2.48. The van der Waals surface area contributed by atoms with Crippen molar-refractivity contribution in [3.63, 3.8) is 0 Å². The van der Waals surface area contributed by atoms with Gasteiger partial charge in [-0.05, 0) is 55.4 Å². The zero-order valence-corrected chi connectivity index (χ0v) is 15.7. The Kier molecular flexibility index (Phi) is 5.23. The van der Waals surface area contributed by atoms with Gasteiger partial charge < -0.3 is 10.4 Å². The van der Waals surface area contributed by atoms with Crippen molar-refractivity contribution >= 4 is 29.3 Å². The highest BCUT2D eigenvalue weighted by Gasteiger charge is 2.51. The molecule has 5 unspecified atom stereocenters. The summed E-state index contributed by atoms with van der Waals surface area (Å²) in [6, 6.07) is 6.04. The lowest BCUT2D eigenvalue weighted by atomic mass is 9.82. The van der Waals surface area contributed by atoms with Gasteiger partial charge in [-0.1, -0.05) is 26.0 Å². The highest BCUT2D eigenvalue weighted by molar-refractivity contribution is 7.99. The van der Waals surface area contributed by atoms with Crippen LogP contribution in [-0.2, 0) is 9.59 Å². The number of rotatable bonds is 6. The molecule has 2 aliphatic rings. The number of nitrogens with one attached hydrogen (secondary N) is 1. The summed E-state index contributed by atoms with van der Waals surface area (Å²) >= 11 is 1.83. The molecule has 0 aliphatic heterocycles. The first-order valence-electron chi connectivity index (χ1n) is 8.90. The average molecular weight is 359 g/mol. The minimum atomic E-state index is -0.867. The molecule has 0 radical (unpaired) electrons. The largest absolute Gasteiger partial charge is 0.481 e. The van der Waals surface area contributed by atoms with Crippen LogP contribution in [0.1, 0.15) is 32.3 Å². The van der Waals surface area contributed by atoms with E-state index in [1.54, 1.807) is 0 Å². The van der Waals surface area contributed by atoms with Crippen LogP contribution in [0.5, 0.6) is 0 Å². The molecular formula is C20H25NO3S. The molecule has 1 saturated carbocycles. The maximum atomic E-state index is 12.8. The Hall–Kier alpha value is -1.75. The van der Waals surface area contributed by atoms with Gasteiger partial charge in [-0.2, -0.15) is 0 Å². The Bertz CT molecular complexity index is 715. The van der Waals surface area contributed by atoms with E-state index < -0.39 is 17.8 Å². The van der Waals surface area contributed by atoms with Gasteiger partial charge in [-0.25, -0.2) is 0 Å². The Balaban J connectivity index is 1.73. The quantitative estimate of drug-likeness (QED) is 0.585. The SMILES string of the molecule is CCC(C)Sc1ccc(NC(=O)C2C3C=CC(C3)C2C(=O)O)c(C)c1. The van der Waals surface area contributed by atoms with Crippen LogP contribution in [0.3, 0.4) is 0 Å². The second-order valence-electron chi connectivity index (χ2n) is 7.14. The molecule has 25 heavy (non-hydrogen) atoms. The molecule has 0 saturated heterocycles. The van der Waals surface area contributed by atoms with E-state index in [4.69, 9.17) is 0 Å². The molecule has 0 aromatic heterocycles. The van der Waals surface area contributed by atoms with Gasteiger partial charge in [0.05, 0.1) is 11.8 Å². The minimum Gasteiger partial charge on any atom is -0.481 e. The topological polar surface area (TPSA) is 66.4 Å². The van der Waals surface area contributed by atoms with Crippen LogP contribution < -0.4 is 5.32 Å². The summed E-state index contributed by atoms with van der Waals surface area (Å²) in [5, 5.41) is 13.0. The Morgan fingerprint density at radius 1 is 1.28 bits per heavy atom. The van der Waals surface area contributed by atoms with Crippen LogP contribution in [-0.4, -0.2) is 22.2 Å². The summed E-state index contributed by atoms with van der Waals surface area (Å²) in [4.78, 5) is 25.5. The fourth-order valence-corrected chi connectivity index (χ4v) is 4.92. The van der Waals surface area contributed by atoms with Gasteiger partial charge >= 0.3 is 5.97 Å². The van der Waals surface area contributed by atoms with Crippen LogP contribution in [0.25, 0.3) is 0 Å². The van der Waals surface area contributed by atoms with Crippen molar-refractivity contribution in [2.45, 2.75) is 43.8 Å². The molecule has 0 heterocycles. The second-order valence-corrected chi connectivity index (χ2v) is 8.65. The number of allylic oxidation sites excluding steroid dienone is 2. The molecule has 4 nitrogen and oxygen atoms in total. The first-order valence-corrected chi connectivity index (χ1v) is 9.78. The molecule has 2 aliphatic carbocycles. The van der Waals surface area contributed by atoms with Gasteiger partial charge in [-0.3, -0.25) is 9.59 Å². The van der Waals surface area contributed by atoms with Gasteiger partial charge in [0.2, 0.25) is 5.91 Å². The van der Waals surface area contributed by atoms with Gasteiger partial charge in [0, 0.05) is 15.8 Å². The number of aliphatic carboxylic acids is 1. The summed E-state index contributed by atoms with van der Waals surface area (Å²) in [6.07, 6.45) is 5.85. The Morgan fingerprint density at radius 2 is 1.96 bits per heavy atom. The molecule has 1 amide bonds. The van der Waals surface area contributed by atoms with E-state index in [9.17, 15) is 14.7 Å². The predicted octanol–water partition coefficient (Wildman–Crippen LogP) is 4.35. The fourth-order valence-electron chi connectivity index (χ4n) is 3.90. The van der Waals surface area contributed by atoms with E-state index in [0.29, 0.717) is 5.25 Å². The number of anilines is 1. The molecular weight excluding hydrogens is 334 g/mol. The molecule has 2 bridgehead atoms. The number of thioether (sulfide) groups is 1. The summed E-state index contributed by atoms with van der Waals surface area (Å²) < 4.78 is 0. The third-order valence-corrected chi connectivity index (χ3v) is 6.68. The van der Waals surface area contributed by atoms with E-state index in [-0.39, 0.29) is 17.7 Å². The predicted molar refractivity (Wildman–Crippen MR) is 101 cm³/mol. The molecule has 0 spiro atoms. The second kappa shape index (κ2) is 7.24. The molecule has 2 N–H and O–H groups in total. The van der Waals surface area contributed by atoms with E-state index in [1.165, 1.54) is 4.90 Å². The van der Waals surface area contributed by atoms with Gasteiger partial charge in [0.1, 0.15) is 0 Å². The number of carbonyl (C=O) groups excluding carboxylic acids is 1. The van der Waals surface area contributed by atoms with Crippen molar-refractivity contribution in [1.29, 1.82) is 0 Å². The molecule has 134 valence electrons. The summed E-state index contributed by atoms with van der Waals surface area (Å²) in [6.45, 7) is 6.35. The fraction of sp³-hybridized carbons (Fsp3) is 0.500. The number of hydrogen-bond donors (Lipinski definition) is 2. The van der Waals surface area contributed by atoms with Gasteiger partial charge in [0.25, 0.3) is 0 Å². The number of benzene rings is 1. The Morgan fingerprint density at radius 3 is 2.56 bits per heavy atom. The number of amides is 1. The number of fused-ring (bicyclic) bond motifs is 2. The molecule has 1 aromatic rings. The van der Waals surface area contributed by atoms with Crippen molar-refractivity contribution in [1.82, 2.24) is 0 Å². The zero-order valence-electron chi connectivity index (χ0n) is 14.9. The van der Waals surface area contributed by atoms with Crippen LogP contribution in [0.2, 0.25) is 0 Å². The molecule has 5 atom stereocenters. The maximum Gasteiger partial charge on any atom is 0.307 e. The van der Waals surface area contributed by atoms with Crippen molar-refractivity contribution in [2.24, 2.45) is 23.7 Å². The van der Waals surface area contributed by atoms with Crippen LogP contribution in [0.4, 0.5) is 5.69 Å². The van der Waals surface area contributed by atoms with Crippen LogP contribution >= 0.6 is 11.8 Å². The van der Waals surface area contributed by atoms with E-state index >= 15 is 0 Å². The van der Waals surface area contributed by atoms with Crippen molar-refractivity contribution in [3.05, 3.63) is 35.9 Å². The summed E-state index contributed by atoms with van der Waals surface area (Å²) in [5.74, 6) is -2.07. The molecule has 5 heteroatoms. The average Bonchev–Trinajstić information content (AvgIpc) is 3.18. The van der Waals surface area contributed by atoms with E-state index in [2.05, 4.69) is 25.2 Å². The third kappa shape index (κ3) is 3.61. The van der Waals surface area contributed by atoms with Crippen molar-refractivity contribution in [3.8, 4) is 0 Å². The standard InChI is InChI=1S/C20H25NO3S/c1-4-12(3)25-15-7-8-16(11(2)9-15)21-19(22)17-13-5-6-14(10-13)18(17)20(23)24/h5-9,12-14,17-18H,4,10H2,1-3H3,(H,21,22)(H,23,24). The van der Waals surface area contributed by atoms with Crippen LogP contribution in [0, 0.1) is 30.6 Å². The third-order valence-electron chi connectivity index (χ3n) is 5.42. The zero-order chi connectivity index (χ0) is 18.1. The van der Waals surface area contributed by atoms with Crippen LogP contribution in [0.15, 0.2) is 35.2 Å². The lowest BCUT2D eigenvalue weighted by Crippen LogP contribution is -2.36. The highest BCUT2D eigenvalue weighted by atomic mass is 32.2. The van der Waals surface area contributed by atoms with Crippen molar-refractivity contribution in [2.75, 3.05) is 5.32 Å². The number of aryl methyl sites for hydroxylation is 1. The van der Waals surface area contributed by atoms with Crippen molar-refractivity contribution < 1.29 is 14.7 Å². The minimum absolute atomic E-state index is 0.00588. The number of hydrogen-bond acceptors (Lipinski definition) is 3. The molecule has 3 rings (SSSR count). The van der Waals surface area contributed by atoms with Gasteiger partial charge in [0.15, 0.2) is 0 Å². The molecule has 1 fully saturated rings. The maximum absolute atomic E-state index is 12.8. The number of carboxylic acid groups (broad SMARTS) is 1. The lowest BCUT2D eigenvalue weighted by Gasteiger charge is -2.24. The first-order chi connectivity index (χ1) is 11.9. The lowest BCUT2D eigenvalue weighted by molar-refractivity contribution is -0.146. The number of carboxylic acids is 1.